The van der Waals surface area contributed by atoms with E-state index in [9.17, 15) is 19.1 Å². The molecule has 1 fully saturated rings. The lowest BCUT2D eigenvalue weighted by Crippen LogP contribution is -2.66. The highest BCUT2D eigenvalue weighted by molar-refractivity contribution is 5.96. The Morgan fingerprint density at radius 1 is 1.00 bits per heavy atom. The lowest BCUT2D eigenvalue weighted by molar-refractivity contribution is -0.0197. The first-order valence-electron chi connectivity index (χ1n) is 10.7. The van der Waals surface area contributed by atoms with Gasteiger partial charge in [-0.05, 0) is 22.8 Å². The Labute approximate surface area is 188 Å². The van der Waals surface area contributed by atoms with Crippen molar-refractivity contribution in [2.45, 2.75) is 12.2 Å². The van der Waals surface area contributed by atoms with Crippen LogP contribution in [0.5, 0.6) is 5.75 Å². The van der Waals surface area contributed by atoms with Crippen molar-refractivity contribution in [3.8, 4) is 5.75 Å². The van der Waals surface area contributed by atoms with Gasteiger partial charge in [-0.15, -0.1) is 0 Å². The molecule has 2 aromatic carbocycles. The monoisotopic (exact) mass is 445 g/mol. The summed E-state index contributed by atoms with van der Waals surface area (Å²) >= 11 is 0. The molecule has 1 saturated heterocycles. The number of carbonyl (C=O) groups excluding carboxylic acids is 1. The van der Waals surface area contributed by atoms with Crippen LogP contribution in [0, 0.1) is 5.82 Å². The van der Waals surface area contributed by atoms with Crippen LogP contribution in [0.25, 0.3) is 12.2 Å². The minimum atomic E-state index is -0.629. The maximum absolute atomic E-state index is 15.0. The van der Waals surface area contributed by atoms with Crippen LogP contribution in [0.3, 0.4) is 0 Å². The molecule has 0 radical (unpaired) electrons. The molecular formula is C25H20FN3O4. The van der Waals surface area contributed by atoms with Crippen LogP contribution < -0.4 is 10.4 Å². The molecule has 0 bridgehead atoms. The average Bonchev–Trinajstić information content (AvgIpc) is 3.00. The van der Waals surface area contributed by atoms with Gasteiger partial charge in [-0.1, -0.05) is 48.6 Å². The maximum atomic E-state index is 15.0. The number of hydrogen-bond donors (Lipinski definition) is 1. The van der Waals surface area contributed by atoms with E-state index in [1.54, 1.807) is 17.0 Å². The number of carbonyl (C=O) groups is 1. The van der Waals surface area contributed by atoms with Crippen molar-refractivity contribution in [2.75, 3.05) is 24.8 Å². The highest BCUT2D eigenvalue weighted by Crippen LogP contribution is 2.41. The number of rotatable bonds is 1. The summed E-state index contributed by atoms with van der Waals surface area (Å²) in [6.45, 7) is 0.891. The summed E-state index contributed by atoms with van der Waals surface area (Å²) in [5, 5.41) is 12.5. The summed E-state index contributed by atoms with van der Waals surface area (Å²) in [7, 11) is 0. The third kappa shape index (κ3) is 2.84. The molecular weight excluding hydrogens is 425 g/mol. The molecule has 2 atom stereocenters. The van der Waals surface area contributed by atoms with Crippen molar-refractivity contribution in [3.05, 3.63) is 98.7 Å². The van der Waals surface area contributed by atoms with Crippen molar-refractivity contribution in [1.29, 1.82) is 0 Å². The molecule has 6 rings (SSSR count). The zero-order valence-electron chi connectivity index (χ0n) is 17.5. The number of morpholine rings is 1. The molecule has 1 aromatic heterocycles. The zero-order valence-corrected chi connectivity index (χ0v) is 17.5. The average molecular weight is 445 g/mol. The van der Waals surface area contributed by atoms with E-state index in [0.29, 0.717) is 24.3 Å². The molecule has 1 amide bonds. The van der Waals surface area contributed by atoms with Crippen molar-refractivity contribution in [3.63, 3.8) is 0 Å². The van der Waals surface area contributed by atoms with E-state index in [2.05, 4.69) is 0 Å². The quantitative estimate of drug-likeness (QED) is 0.624. The van der Waals surface area contributed by atoms with E-state index in [1.165, 1.54) is 23.0 Å². The van der Waals surface area contributed by atoms with Crippen LogP contribution in [0.1, 0.15) is 38.8 Å². The molecule has 0 spiro atoms. The highest BCUT2D eigenvalue weighted by Gasteiger charge is 2.45. The number of pyridine rings is 1. The fourth-order valence-corrected chi connectivity index (χ4v) is 5.04. The number of aromatic nitrogens is 1. The third-order valence-corrected chi connectivity index (χ3v) is 6.54. The van der Waals surface area contributed by atoms with Crippen LogP contribution in [0.2, 0.25) is 0 Å². The van der Waals surface area contributed by atoms with Crippen molar-refractivity contribution in [2.24, 2.45) is 0 Å². The Balaban J connectivity index is 1.68. The van der Waals surface area contributed by atoms with E-state index in [1.807, 2.05) is 41.4 Å². The Kier molecular flexibility index (Phi) is 4.38. The van der Waals surface area contributed by atoms with Crippen molar-refractivity contribution < 1.29 is 19.0 Å². The summed E-state index contributed by atoms with van der Waals surface area (Å²) in [5.41, 5.74) is 2.24. The van der Waals surface area contributed by atoms with Gasteiger partial charge in [-0.25, -0.2) is 4.39 Å². The van der Waals surface area contributed by atoms with Gasteiger partial charge in [0.2, 0.25) is 5.43 Å². The fraction of sp³-hybridized carbons (Fsp3) is 0.200. The molecule has 3 aliphatic rings. The summed E-state index contributed by atoms with van der Waals surface area (Å²) in [5.74, 6) is -1.39. The van der Waals surface area contributed by atoms with Gasteiger partial charge in [-0.3, -0.25) is 19.3 Å². The van der Waals surface area contributed by atoms with Gasteiger partial charge in [0.05, 0.1) is 19.3 Å². The molecule has 8 heteroatoms. The Morgan fingerprint density at radius 2 is 1.82 bits per heavy atom. The predicted molar refractivity (Wildman–Crippen MR) is 120 cm³/mol. The van der Waals surface area contributed by atoms with Gasteiger partial charge in [0.25, 0.3) is 5.91 Å². The Bertz CT molecular complexity index is 1380. The number of nitrogens with zero attached hydrogens (tertiary/aromatic N) is 3. The minimum Gasteiger partial charge on any atom is -0.502 e. The summed E-state index contributed by atoms with van der Waals surface area (Å²) in [4.78, 5) is 27.2. The molecule has 2 aliphatic heterocycles. The topological polar surface area (TPSA) is 75.0 Å². The van der Waals surface area contributed by atoms with Gasteiger partial charge in [0.15, 0.2) is 11.4 Å². The second-order valence-corrected chi connectivity index (χ2v) is 8.26. The molecule has 0 saturated carbocycles. The van der Waals surface area contributed by atoms with E-state index < -0.39 is 29.3 Å². The first kappa shape index (κ1) is 19.8. The lowest BCUT2D eigenvalue weighted by Gasteiger charge is -2.51. The molecule has 7 nitrogen and oxygen atoms in total. The Morgan fingerprint density at radius 3 is 2.70 bits per heavy atom. The van der Waals surface area contributed by atoms with Gasteiger partial charge < -0.3 is 14.7 Å². The normalized spacial score (nSPS) is 21.1. The molecule has 0 unspecified atom stereocenters. The number of amides is 1. The predicted octanol–water partition coefficient (Wildman–Crippen LogP) is 2.72. The number of aromatic hydroxyl groups is 1. The molecule has 166 valence electrons. The molecule has 3 heterocycles. The van der Waals surface area contributed by atoms with E-state index in [-0.39, 0.29) is 18.1 Å². The van der Waals surface area contributed by atoms with Crippen LogP contribution in [0.15, 0.2) is 59.5 Å². The Hall–Kier alpha value is -3.91. The first-order valence-corrected chi connectivity index (χ1v) is 10.7. The number of benzene rings is 2. The van der Waals surface area contributed by atoms with E-state index >= 15 is 0 Å². The zero-order chi connectivity index (χ0) is 22.7. The smallest absolute Gasteiger partial charge is 0.278 e. The summed E-state index contributed by atoms with van der Waals surface area (Å²) in [6.07, 6.45) is 4.61. The highest BCUT2D eigenvalue weighted by atomic mass is 19.1. The van der Waals surface area contributed by atoms with Gasteiger partial charge in [-0.2, -0.15) is 0 Å². The second kappa shape index (κ2) is 7.31. The van der Waals surface area contributed by atoms with Crippen LogP contribution in [-0.2, 0) is 4.74 Å². The number of hydrogen-bond acceptors (Lipinski definition) is 5. The lowest BCUT2D eigenvalue weighted by atomic mass is 9.92. The first-order chi connectivity index (χ1) is 16.1. The summed E-state index contributed by atoms with van der Waals surface area (Å²) in [6, 6.07) is 13.4. The van der Waals surface area contributed by atoms with Gasteiger partial charge in [0.1, 0.15) is 12.0 Å². The molecule has 33 heavy (non-hydrogen) atoms. The van der Waals surface area contributed by atoms with Gasteiger partial charge >= 0.3 is 0 Å². The number of halogens is 1. The molecule has 1 aliphatic carbocycles. The van der Waals surface area contributed by atoms with E-state index in [0.717, 1.165) is 11.1 Å². The standard InChI is InChI=1S/C25H20FN3O4/c26-19-7-3-6-18-17(19)9-8-15-4-1-2-5-16(15)22(18)29-21-14-33-13-12-27(21)25(32)23-24(31)20(30)10-11-28(23)29/h1-11,21-22,31H,12-14H2/t21-,22+/m1/s1. The largest absolute Gasteiger partial charge is 0.502 e. The van der Waals surface area contributed by atoms with Crippen LogP contribution >= 0.6 is 0 Å². The molecule has 3 aromatic rings. The second-order valence-electron chi connectivity index (χ2n) is 8.26. The number of ether oxygens (including phenoxy) is 1. The summed E-state index contributed by atoms with van der Waals surface area (Å²) < 4.78 is 22.2. The number of fused-ring (bicyclic) bond motifs is 4. The van der Waals surface area contributed by atoms with Crippen LogP contribution in [-0.4, -0.2) is 46.5 Å². The fourth-order valence-electron chi connectivity index (χ4n) is 5.04. The van der Waals surface area contributed by atoms with Gasteiger partial charge in [0, 0.05) is 24.4 Å². The van der Waals surface area contributed by atoms with Crippen molar-refractivity contribution in [1.82, 2.24) is 9.58 Å². The maximum Gasteiger partial charge on any atom is 0.278 e. The third-order valence-electron chi connectivity index (χ3n) is 6.54. The van der Waals surface area contributed by atoms with Crippen LogP contribution in [0.4, 0.5) is 4.39 Å². The van der Waals surface area contributed by atoms with Crippen molar-refractivity contribution >= 4 is 18.1 Å². The minimum absolute atomic E-state index is 0.103. The SMILES string of the molecule is O=C1c2c(O)c(=O)ccn2N([C@H]2c3ccccc3C=Cc3c(F)cccc32)[C@@H]2COCCN12. The molecule has 1 N–H and O–H groups in total. The van der Waals surface area contributed by atoms with E-state index in [4.69, 9.17) is 4.74 Å².